The molecule has 1 aliphatic heterocycles. The van der Waals surface area contributed by atoms with Crippen LogP contribution in [0.25, 0.3) is 0 Å². The van der Waals surface area contributed by atoms with E-state index in [2.05, 4.69) is 29.2 Å². The predicted octanol–water partition coefficient (Wildman–Crippen LogP) is 3.26. The quantitative estimate of drug-likeness (QED) is 0.434. The molecule has 104 valence electrons. The topological polar surface area (TPSA) is 36.9 Å². The van der Waals surface area contributed by atoms with E-state index in [0.29, 0.717) is 19.8 Å². The maximum atomic E-state index is 5.72. The van der Waals surface area contributed by atoms with E-state index < -0.39 is 0 Å². The average molecular weight is 376 g/mol. The van der Waals surface area contributed by atoms with Gasteiger partial charge in [-0.25, -0.2) is 0 Å². The van der Waals surface area contributed by atoms with Crippen molar-refractivity contribution in [2.45, 2.75) is 19.3 Å². The fraction of sp³-hybridized carbons (Fsp3) is 0.429. The summed E-state index contributed by atoms with van der Waals surface area (Å²) in [5.74, 6) is 0.771. The van der Waals surface area contributed by atoms with Crippen LogP contribution in [0, 0.1) is 3.57 Å². The molecule has 1 fully saturated rings. The number of halogens is 1. The molecule has 0 spiro atoms. The minimum absolute atomic E-state index is 0.111. The molecule has 1 heterocycles. The van der Waals surface area contributed by atoms with Crippen LogP contribution in [-0.2, 0) is 14.2 Å². The second kappa shape index (κ2) is 7.12. The van der Waals surface area contributed by atoms with Crippen molar-refractivity contribution in [3.8, 4) is 5.75 Å². The summed E-state index contributed by atoms with van der Waals surface area (Å²) in [6.07, 6.45) is 1.17. The number of rotatable bonds is 6. The second-order valence-corrected chi connectivity index (χ2v) is 5.43. The maximum absolute atomic E-state index is 5.72. The Hall–Kier alpha value is -0.790. The van der Waals surface area contributed by atoms with Crippen molar-refractivity contribution in [1.29, 1.82) is 0 Å². The summed E-state index contributed by atoms with van der Waals surface area (Å²) in [4.78, 5) is 0. The Morgan fingerprint density at radius 2 is 2.32 bits per heavy atom. The third-order valence-electron chi connectivity index (χ3n) is 2.64. The first-order valence-electron chi connectivity index (χ1n) is 6.12. The van der Waals surface area contributed by atoms with Gasteiger partial charge in [-0.05, 0) is 47.7 Å². The van der Waals surface area contributed by atoms with Gasteiger partial charge >= 0.3 is 0 Å². The highest BCUT2D eigenvalue weighted by Gasteiger charge is 2.27. The summed E-state index contributed by atoms with van der Waals surface area (Å²) in [5, 5.41) is 0. The highest BCUT2D eigenvalue weighted by Crippen LogP contribution is 2.34. The highest BCUT2D eigenvalue weighted by atomic mass is 127. The third-order valence-corrected chi connectivity index (χ3v) is 3.31. The standard InChI is InChI=1S/C14H17IO4/c1-3-16-6-7-17-13-5-4-11(15)8-12(13)14-18-9-10(2)19-14/h3-5,8,10,14H,1,6-7,9H2,2H3. The number of benzene rings is 1. The molecule has 4 nitrogen and oxygen atoms in total. The molecule has 2 unspecified atom stereocenters. The molecule has 0 N–H and O–H groups in total. The lowest BCUT2D eigenvalue weighted by Gasteiger charge is -2.16. The van der Waals surface area contributed by atoms with Gasteiger partial charge in [-0.2, -0.15) is 0 Å². The molecule has 2 rings (SSSR count). The fourth-order valence-electron chi connectivity index (χ4n) is 1.79. The number of ether oxygens (including phenoxy) is 4. The zero-order valence-electron chi connectivity index (χ0n) is 10.8. The molecule has 1 saturated heterocycles. The molecule has 0 aromatic heterocycles. The van der Waals surface area contributed by atoms with Crippen LogP contribution in [0.15, 0.2) is 31.0 Å². The highest BCUT2D eigenvalue weighted by molar-refractivity contribution is 14.1. The van der Waals surface area contributed by atoms with Crippen molar-refractivity contribution in [2.75, 3.05) is 19.8 Å². The number of hydrogen-bond acceptors (Lipinski definition) is 4. The van der Waals surface area contributed by atoms with E-state index in [-0.39, 0.29) is 12.4 Å². The van der Waals surface area contributed by atoms with E-state index in [0.717, 1.165) is 14.9 Å². The Labute approximate surface area is 126 Å². The molecular weight excluding hydrogens is 359 g/mol. The van der Waals surface area contributed by atoms with E-state index in [1.54, 1.807) is 0 Å². The van der Waals surface area contributed by atoms with Gasteiger partial charge in [0.25, 0.3) is 0 Å². The molecule has 5 heteroatoms. The molecule has 0 bridgehead atoms. The van der Waals surface area contributed by atoms with E-state index in [1.807, 2.05) is 25.1 Å². The lowest BCUT2D eigenvalue weighted by atomic mass is 10.2. The van der Waals surface area contributed by atoms with Crippen LogP contribution in [0.4, 0.5) is 0 Å². The Balaban J connectivity index is 2.06. The lowest BCUT2D eigenvalue weighted by molar-refractivity contribution is -0.0588. The van der Waals surface area contributed by atoms with Crippen molar-refractivity contribution in [3.63, 3.8) is 0 Å². The van der Waals surface area contributed by atoms with Gasteiger partial charge in [0, 0.05) is 3.57 Å². The summed E-state index contributed by atoms with van der Waals surface area (Å²) in [6, 6.07) is 5.94. The Kier molecular flexibility index (Phi) is 5.47. The lowest BCUT2D eigenvalue weighted by Crippen LogP contribution is -2.09. The smallest absolute Gasteiger partial charge is 0.187 e. The van der Waals surface area contributed by atoms with Crippen molar-refractivity contribution >= 4 is 22.6 Å². The van der Waals surface area contributed by atoms with Gasteiger partial charge in [-0.3, -0.25) is 0 Å². The first-order valence-corrected chi connectivity index (χ1v) is 7.20. The SMILES string of the molecule is C=COCCOc1ccc(I)cc1C1OCC(C)O1. The van der Waals surface area contributed by atoms with Gasteiger partial charge < -0.3 is 18.9 Å². The molecule has 1 aromatic carbocycles. The van der Waals surface area contributed by atoms with Crippen LogP contribution in [0.1, 0.15) is 18.8 Å². The Morgan fingerprint density at radius 3 is 3.00 bits per heavy atom. The first-order chi connectivity index (χ1) is 9.20. The molecule has 1 aliphatic rings. The van der Waals surface area contributed by atoms with Crippen LogP contribution in [0.2, 0.25) is 0 Å². The molecule has 2 atom stereocenters. The van der Waals surface area contributed by atoms with Crippen LogP contribution in [0.5, 0.6) is 5.75 Å². The van der Waals surface area contributed by atoms with Crippen LogP contribution in [-0.4, -0.2) is 25.9 Å². The summed E-state index contributed by atoms with van der Waals surface area (Å²) < 4.78 is 23.2. The van der Waals surface area contributed by atoms with E-state index in [4.69, 9.17) is 18.9 Å². The van der Waals surface area contributed by atoms with Crippen molar-refractivity contribution in [2.24, 2.45) is 0 Å². The van der Waals surface area contributed by atoms with E-state index in [1.165, 1.54) is 6.26 Å². The Bertz CT molecular complexity index is 435. The molecule has 0 saturated carbocycles. The molecule has 0 amide bonds. The van der Waals surface area contributed by atoms with Gasteiger partial charge in [0.1, 0.15) is 19.0 Å². The van der Waals surface area contributed by atoms with Gasteiger partial charge in [0.15, 0.2) is 6.29 Å². The van der Waals surface area contributed by atoms with Crippen LogP contribution in [0.3, 0.4) is 0 Å². The molecule has 1 aromatic rings. The van der Waals surface area contributed by atoms with Gasteiger partial charge in [0.05, 0.1) is 24.5 Å². The monoisotopic (exact) mass is 376 g/mol. The normalized spacial score (nSPS) is 22.2. The molecule has 0 aliphatic carbocycles. The van der Waals surface area contributed by atoms with Gasteiger partial charge in [-0.1, -0.05) is 6.58 Å². The summed E-state index contributed by atoms with van der Waals surface area (Å²) in [6.45, 7) is 7.02. The predicted molar refractivity (Wildman–Crippen MR) is 80.0 cm³/mol. The summed E-state index contributed by atoms with van der Waals surface area (Å²) in [5.41, 5.74) is 0.926. The molecular formula is C14H17IO4. The molecule has 0 radical (unpaired) electrons. The Morgan fingerprint density at radius 1 is 1.47 bits per heavy atom. The molecule has 19 heavy (non-hydrogen) atoms. The van der Waals surface area contributed by atoms with Crippen molar-refractivity contribution in [3.05, 3.63) is 40.2 Å². The van der Waals surface area contributed by atoms with Gasteiger partial charge in [0.2, 0.25) is 0 Å². The first kappa shape index (κ1) is 14.6. The summed E-state index contributed by atoms with van der Waals surface area (Å²) >= 11 is 2.26. The number of hydrogen-bond donors (Lipinski definition) is 0. The zero-order valence-corrected chi connectivity index (χ0v) is 13.0. The third kappa shape index (κ3) is 4.09. The average Bonchev–Trinajstić information content (AvgIpc) is 2.82. The maximum Gasteiger partial charge on any atom is 0.187 e. The minimum Gasteiger partial charge on any atom is -0.498 e. The van der Waals surface area contributed by atoms with Crippen LogP contribution < -0.4 is 4.74 Å². The van der Waals surface area contributed by atoms with Crippen molar-refractivity contribution in [1.82, 2.24) is 0 Å². The van der Waals surface area contributed by atoms with E-state index in [9.17, 15) is 0 Å². The zero-order chi connectivity index (χ0) is 13.7. The second-order valence-electron chi connectivity index (χ2n) is 4.18. The van der Waals surface area contributed by atoms with E-state index >= 15 is 0 Å². The van der Waals surface area contributed by atoms with Crippen molar-refractivity contribution < 1.29 is 18.9 Å². The summed E-state index contributed by atoms with van der Waals surface area (Å²) in [7, 11) is 0. The fourth-order valence-corrected chi connectivity index (χ4v) is 2.31. The van der Waals surface area contributed by atoms with Crippen LogP contribution >= 0.6 is 22.6 Å². The largest absolute Gasteiger partial charge is 0.498 e. The van der Waals surface area contributed by atoms with Gasteiger partial charge in [-0.15, -0.1) is 0 Å². The minimum atomic E-state index is -0.347.